The van der Waals surface area contributed by atoms with Crippen LogP contribution >= 0.6 is 12.2 Å². The standard InChI is InChI=1S/C21H32N4O2S/c1-5-22-21(28)25(12-11-24(6-2)7-3)15-17-13-16-14-18(27-8-4)9-10-19(16)23-20(17)26/h9-10,13-14H,5-8,11-12,15H2,1-4H3,(H,22,28)(H,23,26)/p+1. The molecule has 0 radical (unpaired) electrons. The number of aromatic nitrogens is 1. The van der Waals surface area contributed by atoms with E-state index in [1.54, 1.807) is 0 Å². The number of hydrogen-bond donors (Lipinski definition) is 3. The zero-order chi connectivity index (χ0) is 20.5. The van der Waals surface area contributed by atoms with Gasteiger partial charge in [-0.3, -0.25) is 4.79 Å². The predicted molar refractivity (Wildman–Crippen MR) is 119 cm³/mol. The molecule has 0 saturated carbocycles. The van der Waals surface area contributed by atoms with E-state index in [4.69, 9.17) is 17.0 Å². The second kappa shape index (κ2) is 11.0. The molecular weight excluding hydrogens is 372 g/mol. The molecule has 0 aliphatic carbocycles. The monoisotopic (exact) mass is 405 g/mol. The number of nitrogens with zero attached hydrogens (tertiary/aromatic N) is 1. The van der Waals surface area contributed by atoms with E-state index in [2.05, 4.69) is 29.0 Å². The first-order valence-corrected chi connectivity index (χ1v) is 10.6. The van der Waals surface area contributed by atoms with Gasteiger partial charge in [0.2, 0.25) is 0 Å². The molecule has 154 valence electrons. The molecular formula is C21H33N4O2S+. The van der Waals surface area contributed by atoms with Gasteiger partial charge in [0.05, 0.1) is 39.3 Å². The van der Waals surface area contributed by atoms with E-state index in [0.717, 1.165) is 49.4 Å². The Morgan fingerprint density at radius 1 is 1.21 bits per heavy atom. The molecule has 0 fully saturated rings. The summed E-state index contributed by atoms with van der Waals surface area (Å²) in [6, 6.07) is 7.67. The Labute approximate surface area is 172 Å². The van der Waals surface area contributed by atoms with E-state index in [1.807, 2.05) is 38.1 Å². The van der Waals surface area contributed by atoms with Crippen LogP contribution in [0.1, 0.15) is 33.3 Å². The zero-order valence-corrected chi connectivity index (χ0v) is 18.2. The fourth-order valence-corrected chi connectivity index (χ4v) is 3.52. The van der Waals surface area contributed by atoms with Crippen molar-refractivity contribution in [1.29, 1.82) is 0 Å². The highest BCUT2D eigenvalue weighted by atomic mass is 32.1. The van der Waals surface area contributed by atoms with Gasteiger partial charge in [-0.1, -0.05) is 0 Å². The van der Waals surface area contributed by atoms with Crippen LogP contribution in [-0.4, -0.2) is 54.3 Å². The van der Waals surface area contributed by atoms with E-state index < -0.39 is 0 Å². The Kier molecular flexibility index (Phi) is 8.73. The van der Waals surface area contributed by atoms with Gasteiger partial charge in [-0.25, -0.2) is 0 Å². The van der Waals surface area contributed by atoms with Crippen LogP contribution < -0.4 is 20.5 Å². The molecule has 0 unspecified atom stereocenters. The van der Waals surface area contributed by atoms with E-state index in [0.29, 0.717) is 23.8 Å². The van der Waals surface area contributed by atoms with Crippen LogP contribution in [0.15, 0.2) is 29.1 Å². The molecule has 0 spiro atoms. The molecule has 1 aromatic heterocycles. The molecule has 0 aliphatic rings. The highest BCUT2D eigenvalue weighted by molar-refractivity contribution is 7.80. The molecule has 28 heavy (non-hydrogen) atoms. The van der Waals surface area contributed by atoms with Crippen LogP contribution in [0.4, 0.5) is 0 Å². The minimum absolute atomic E-state index is 0.0730. The van der Waals surface area contributed by atoms with Crippen LogP contribution in [-0.2, 0) is 6.54 Å². The molecule has 1 heterocycles. The van der Waals surface area contributed by atoms with Crippen molar-refractivity contribution in [1.82, 2.24) is 15.2 Å². The van der Waals surface area contributed by atoms with Gasteiger partial charge < -0.3 is 24.8 Å². The Morgan fingerprint density at radius 2 is 1.96 bits per heavy atom. The number of H-pyrrole nitrogens is 1. The highest BCUT2D eigenvalue weighted by Crippen LogP contribution is 2.19. The van der Waals surface area contributed by atoms with Crippen molar-refractivity contribution in [3.8, 4) is 5.75 Å². The zero-order valence-electron chi connectivity index (χ0n) is 17.4. The fourth-order valence-electron chi connectivity index (χ4n) is 3.22. The second-order valence-corrected chi connectivity index (χ2v) is 7.16. The third-order valence-corrected chi connectivity index (χ3v) is 5.32. The summed E-state index contributed by atoms with van der Waals surface area (Å²) in [6.07, 6.45) is 0. The predicted octanol–water partition coefficient (Wildman–Crippen LogP) is 1.55. The van der Waals surface area contributed by atoms with Crippen molar-refractivity contribution < 1.29 is 9.64 Å². The molecule has 7 heteroatoms. The maximum absolute atomic E-state index is 12.6. The van der Waals surface area contributed by atoms with E-state index in [1.165, 1.54) is 4.90 Å². The molecule has 6 nitrogen and oxygen atoms in total. The van der Waals surface area contributed by atoms with Crippen LogP contribution in [0, 0.1) is 0 Å². The SMILES string of the molecule is CCNC(=S)N(CC[NH+](CC)CC)Cc1cc2cc(OCC)ccc2[nH]c1=O. The molecule has 0 bridgehead atoms. The molecule has 2 aromatic rings. The van der Waals surface area contributed by atoms with Crippen LogP contribution in [0.25, 0.3) is 10.9 Å². The number of likely N-dealkylation sites (N-methyl/N-ethyl adjacent to an activating group) is 1. The Balaban J connectivity index is 2.27. The lowest BCUT2D eigenvalue weighted by Gasteiger charge is -2.27. The maximum Gasteiger partial charge on any atom is 0.253 e. The van der Waals surface area contributed by atoms with Crippen molar-refractivity contribution in [3.63, 3.8) is 0 Å². The second-order valence-electron chi connectivity index (χ2n) is 6.77. The van der Waals surface area contributed by atoms with Gasteiger partial charge in [0.1, 0.15) is 5.75 Å². The smallest absolute Gasteiger partial charge is 0.253 e. The maximum atomic E-state index is 12.6. The number of pyridine rings is 1. The van der Waals surface area contributed by atoms with Gasteiger partial charge in [0.15, 0.2) is 5.11 Å². The van der Waals surface area contributed by atoms with Gasteiger partial charge in [0.25, 0.3) is 5.56 Å². The summed E-state index contributed by atoms with van der Waals surface area (Å²) in [7, 11) is 0. The van der Waals surface area contributed by atoms with Crippen molar-refractivity contribution in [3.05, 3.63) is 40.2 Å². The molecule has 2 rings (SSSR count). The normalized spacial score (nSPS) is 11.0. The average molecular weight is 406 g/mol. The fraction of sp³-hybridized carbons (Fsp3) is 0.524. The molecule has 1 aromatic carbocycles. The van der Waals surface area contributed by atoms with Crippen molar-refractivity contribution in [2.75, 3.05) is 39.3 Å². The van der Waals surface area contributed by atoms with Gasteiger partial charge in [-0.15, -0.1) is 0 Å². The lowest BCUT2D eigenvalue weighted by molar-refractivity contribution is -0.895. The van der Waals surface area contributed by atoms with Gasteiger partial charge in [0, 0.05) is 23.0 Å². The molecule has 0 amide bonds. The lowest BCUT2D eigenvalue weighted by Crippen LogP contribution is -3.12. The first-order valence-electron chi connectivity index (χ1n) is 10.2. The van der Waals surface area contributed by atoms with E-state index in [9.17, 15) is 4.79 Å². The number of benzene rings is 1. The summed E-state index contributed by atoms with van der Waals surface area (Å²) in [5.41, 5.74) is 1.44. The summed E-state index contributed by atoms with van der Waals surface area (Å²) in [6.45, 7) is 14.2. The topological polar surface area (TPSA) is 61.8 Å². The summed E-state index contributed by atoms with van der Waals surface area (Å²) in [4.78, 5) is 19.2. The lowest BCUT2D eigenvalue weighted by atomic mass is 10.1. The Morgan fingerprint density at radius 3 is 2.61 bits per heavy atom. The first kappa shape index (κ1) is 22.2. The largest absolute Gasteiger partial charge is 0.494 e. The summed E-state index contributed by atoms with van der Waals surface area (Å²) in [5.74, 6) is 0.804. The Hall–Kier alpha value is -2.12. The van der Waals surface area contributed by atoms with Gasteiger partial charge in [-0.05, 0) is 64.2 Å². The van der Waals surface area contributed by atoms with Gasteiger partial charge in [-0.2, -0.15) is 0 Å². The Bertz CT molecular complexity index is 833. The van der Waals surface area contributed by atoms with Crippen molar-refractivity contribution in [2.24, 2.45) is 0 Å². The minimum Gasteiger partial charge on any atom is -0.494 e. The van der Waals surface area contributed by atoms with E-state index >= 15 is 0 Å². The average Bonchev–Trinajstić information content (AvgIpc) is 2.68. The number of rotatable bonds is 10. The summed E-state index contributed by atoms with van der Waals surface area (Å²) >= 11 is 5.57. The number of hydrogen-bond acceptors (Lipinski definition) is 3. The van der Waals surface area contributed by atoms with Gasteiger partial charge >= 0.3 is 0 Å². The molecule has 0 aliphatic heterocycles. The molecule has 0 saturated heterocycles. The van der Waals surface area contributed by atoms with E-state index in [-0.39, 0.29) is 5.56 Å². The van der Waals surface area contributed by atoms with Crippen LogP contribution in [0.3, 0.4) is 0 Å². The number of fused-ring (bicyclic) bond motifs is 1. The van der Waals surface area contributed by atoms with Crippen molar-refractivity contribution >= 4 is 28.2 Å². The van der Waals surface area contributed by atoms with Crippen LogP contribution in [0.2, 0.25) is 0 Å². The summed E-state index contributed by atoms with van der Waals surface area (Å²) < 4.78 is 5.59. The number of aromatic amines is 1. The number of thiocarbonyl (C=S) groups is 1. The number of nitrogens with one attached hydrogen (secondary N) is 3. The number of ether oxygens (including phenoxy) is 1. The highest BCUT2D eigenvalue weighted by Gasteiger charge is 2.15. The quantitative estimate of drug-likeness (QED) is 0.524. The third-order valence-electron chi connectivity index (χ3n) is 4.92. The molecule has 0 atom stereocenters. The van der Waals surface area contributed by atoms with Crippen LogP contribution in [0.5, 0.6) is 5.75 Å². The van der Waals surface area contributed by atoms with Crippen molar-refractivity contribution in [2.45, 2.75) is 34.2 Å². The summed E-state index contributed by atoms with van der Waals surface area (Å²) in [5, 5.41) is 4.88. The minimum atomic E-state index is -0.0730. The third kappa shape index (κ3) is 5.94. The molecule has 3 N–H and O–H groups in total. The first-order chi connectivity index (χ1) is 13.5. The number of quaternary nitrogens is 1.